The van der Waals surface area contributed by atoms with Crippen molar-refractivity contribution in [2.24, 2.45) is 0 Å². The van der Waals surface area contributed by atoms with E-state index in [-0.39, 0.29) is 17.9 Å². The van der Waals surface area contributed by atoms with Gasteiger partial charge in [0.05, 0.1) is 18.5 Å². The van der Waals surface area contributed by atoms with E-state index < -0.39 is 5.97 Å². The first-order chi connectivity index (χ1) is 12.6. The molecular formula is C22H19NO3. The number of aromatic carboxylic acids is 1. The van der Waals surface area contributed by atoms with E-state index in [1.807, 2.05) is 60.7 Å². The van der Waals surface area contributed by atoms with Crippen LogP contribution in [0.5, 0.6) is 0 Å². The Morgan fingerprint density at radius 2 is 1.35 bits per heavy atom. The van der Waals surface area contributed by atoms with E-state index in [2.05, 4.69) is 0 Å². The zero-order valence-electron chi connectivity index (χ0n) is 14.2. The standard InChI is InChI=1S/C22H19NO3/c24-21(15-18-11-7-8-14-20(18)22(25)26)23(19-12-5-2-6-13-19)16-17-9-3-1-4-10-17/h1-14H,15-16H2,(H,25,26). The Morgan fingerprint density at radius 1 is 0.769 bits per heavy atom. The predicted octanol–water partition coefficient (Wildman–Crippen LogP) is 4.16. The Hall–Kier alpha value is -3.40. The summed E-state index contributed by atoms with van der Waals surface area (Å²) in [6.07, 6.45) is 0.0319. The van der Waals surface area contributed by atoms with Gasteiger partial charge in [0.1, 0.15) is 0 Å². The number of amides is 1. The number of hydrogen-bond donors (Lipinski definition) is 1. The molecule has 0 aliphatic rings. The van der Waals surface area contributed by atoms with Crippen LogP contribution in [0.3, 0.4) is 0 Å². The van der Waals surface area contributed by atoms with Crippen molar-refractivity contribution in [1.82, 2.24) is 0 Å². The molecule has 3 rings (SSSR count). The minimum absolute atomic E-state index is 0.0319. The fraction of sp³-hybridized carbons (Fsp3) is 0.0909. The van der Waals surface area contributed by atoms with Crippen LogP contribution in [-0.4, -0.2) is 17.0 Å². The summed E-state index contributed by atoms with van der Waals surface area (Å²) >= 11 is 0. The first-order valence-electron chi connectivity index (χ1n) is 8.35. The van der Waals surface area contributed by atoms with Gasteiger partial charge in [-0.2, -0.15) is 0 Å². The number of benzene rings is 3. The number of para-hydroxylation sites is 1. The molecule has 0 spiro atoms. The zero-order chi connectivity index (χ0) is 18.4. The molecule has 0 bridgehead atoms. The molecule has 0 atom stereocenters. The number of nitrogens with zero attached hydrogens (tertiary/aromatic N) is 1. The minimum atomic E-state index is -1.03. The molecule has 4 nitrogen and oxygen atoms in total. The van der Waals surface area contributed by atoms with Gasteiger partial charge in [-0.15, -0.1) is 0 Å². The number of hydrogen-bond acceptors (Lipinski definition) is 2. The van der Waals surface area contributed by atoms with Crippen LogP contribution in [0.1, 0.15) is 21.5 Å². The fourth-order valence-electron chi connectivity index (χ4n) is 2.84. The van der Waals surface area contributed by atoms with Gasteiger partial charge in [-0.1, -0.05) is 66.7 Å². The lowest BCUT2D eigenvalue weighted by Gasteiger charge is -2.23. The van der Waals surface area contributed by atoms with Crippen LogP contribution in [0.15, 0.2) is 84.9 Å². The topological polar surface area (TPSA) is 57.6 Å². The lowest BCUT2D eigenvalue weighted by Crippen LogP contribution is -2.32. The SMILES string of the molecule is O=C(O)c1ccccc1CC(=O)N(Cc1ccccc1)c1ccccc1. The van der Waals surface area contributed by atoms with Gasteiger partial charge in [0.15, 0.2) is 0 Å². The quantitative estimate of drug-likeness (QED) is 0.730. The van der Waals surface area contributed by atoms with Crippen molar-refractivity contribution >= 4 is 17.6 Å². The van der Waals surface area contributed by atoms with E-state index in [0.29, 0.717) is 12.1 Å². The normalized spacial score (nSPS) is 10.3. The molecule has 4 heteroatoms. The molecule has 0 saturated carbocycles. The third kappa shape index (κ3) is 4.16. The molecule has 3 aromatic rings. The maximum absolute atomic E-state index is 13.0. The van der Waals surface area contributed by atoms with Crippen molar-refractivity contribution in [3.8, 4) is 0 Å². The summed E-state index contributed by atoms with van der Waals surface area (Å²) in [4.78, 5) is 26.1. The predicted molar refractivity (Wildman–Crippen MR) is 101 cm³/mol. The first kappa shape index (κ1) is 17.4. The Morgan fingerprint density at radius 3 is 2.00 bits per heavy atom. The van der Waals surface area contributed by atoms with Gasteiger partial charge >= 0.3 is 5.97 Å². The van der Waals surface area contributed by atoms with Crippen LogP contribution < -0.4 is 4.90 Å². The highest BCUT2D eigenvalue weighted by Crippen LogP contribution is 2.20. The van der Waals surface area contributed by atoms with Gasteiger partial charge in [0.25, 0.3) is 0 Å². The van der Waals surface area contributed by atoms with E-state index in [0.717, 1.165) is 11.3 Å². The van der Waals surface area contributed by atoms with E-state index in [1.54, 1.807) is 23.1 Å². The fourth-order valence-corrected chi connectivity index (χ4v) is 2.84. The summed E-state index contributed by atoms with van der Waals surface area (Å²) in [5.74, 6) is -1.17. The van der Waals surface area contributed by atoms with Crippen LogP contribution in [0.25, 0.3) is 0 Å². The maximum Gasteiger partial charge on any atom is 0.335 e. The van der Waals surface area contributed by atoms with Crippen LogP contribution >= 0.6 is 0 Å². The summed E-state index contributed by atoms with van der Waals surface area (Å²) in [5.41, 5.74) is 2.47. The molecular weight excluding hydrogens is 326 g/mol. The number of rotatable bonds is 6. The molecule has 0 heterocycles. The summed E-state index contributed by atoms with van der Waals surface area (Å²) in [7, 11) is 0. The summed E-state index contributed by atoms with van der Waals surface area (Å²) in [6.45, 7) is 0.429. The molecule has 3 aromatic carbocycles. The highest BCUT2D eigenvalue weighted by atomic mass is 16.4. The summed E-state index contributed by atoms with van der Waals surface area (Å²) in [5, 5.41) is 9.34. The average molecular weight is 345 g/mol. The van der Waals surface area contributed by atoms with Crippen molar-refractivity contribution in [3.05, 3.63) is 102 Å². The van der Waals surface area contributed by atoms with Crippen LogP contribution in [0, 0.1) is 0 Å². The summed E-state index contributed by atoms with van der Waals surface area (Å²) < 4.78 is 0. The second-order valence-corrected chi connectivity index (χ2v) is 5.94. The monoisotopic (exact) mass is 345 g/mol. The Bertz CT molecular complexity index is 892. The molecule has 0 saturated heterocycles. The molecule has 0 unspecified atom stereocenters. The minimum Gasteiger partial charge on any atom is -0.478 e. The molecule has 0 aliphatic heterocycles. The smallest absolute Gasteiger partial charge is 0.335 e. The second-order valence-electron chi connectivity index (χ2n) is 5.94. The average Bonchev–Trinajstić information content (AvgIpc) is 2.68. The molecule has 0 aliphatic carbocycles. The Labute approximate surface area is 152 Å². The number of anilines is 1. The van der Waals surface area contributed by atoms with Crippen molar-refractivity contribution < 1.29 is 14.7 Å². The van der Waals surface area contributed by atoms with Crippen molar-refractivity contribution in [1.29, 1.82) is 0 Å². The van der Waals surface area contributed by atoms with Gasteiger partial charge in [-0.05, 0) is 29.3 Å². The molecule has 0 fully saturated rings. The highest BCUT2D eigenvalue weighted by Gasteiger charge is 2.19. The van der Waals surface area contributed by atoms with Crippen LogP contribution in [0.2, 0.25) is 0 Å². The van der Waals surface area contributed by atoms with Gasteiger partial charge < -0.3 is 10.0 Å². The maximum atomic E-state index is 13.0. The first-order valence-corrected chi connectivity index (χ1v) is 8.35. The lowest BCUT2D eigenvalue weighted by molar-refractivity contribution is -0.118. The van der Waals surface area contributed by atoms with Crippen LogP contribution in [0.4, 0.5) is 5.69 Å². The van der Waals surface area contributed by atoms with E-state index in [9.17, 15) is 14.7 Å². The number of carbonyl (C=O) groups is 2. The van der Waals surface area contributed by atoms with E-state index in [1.165, 1.54) is 6.07 Å². The zero-order valence-corrected chi connectivity index (χ0v) is 14.2. The second kappa shape index (κ2) is 8.12. The van der Waals surface area contributed by atoms with Crippen molar-refractivity contribution in [2.75, 3.05) is 4.90 Å². The molecule has 1 N–H and O–H groups in total. The number of carboxylic acids is 1. The third-order valence-electron chi connectivity index (χ3n) is 4.14. The molecule has 26 heavy (non-hydrogen) atoms. The van der Waals surface area contributed by atoms with Gasteiger partial charge in [-0.25, -0.2) is 4.79 Å². The number of carbonyl (C=O) groups excluding carboxylic acids is 1. The third-order valence-corrected chi connectivity index (χ3v) is 4.14. The molecule has 1 amide bonds. The van der Waals surface area contributed by atoms with Gasteiger partial charge in [0, 0.05) is 5.69 Å². The molecule has 130 valence electrons. The number of carboxylic acid groups (broad SMARTS) is 1. The lowest BCUT2D eigenvalue weighted by atomic mass is 10.0. The highest BCUT2D eigenvalue weighted by molar-refractivity contribution is 5.97. The Balaban J connectivity index is 1.89. The Kier molecular flexibility index (Phi) is 5.44. The largest absolute Gasteiger partial charge is 0.478 e. The van der Waals surface area contributed by atoms with Crippen molar-refractivity contribution in [2.45, 2.75) is 13.0 Å². The van der Waals surface area contributed by atoms with E-state index >= 15 is 0 Å². The van der Waals surface area contributed by atoms with E-state index in [4.69, 9.17) is 0 Å². The summed E-state index contributed by atoms with van der Waals surface area (Å²) in [6, 6.07) is 25.8. The van der Waals surface area contributed by atoms with Crippen molar-refractivity contribution in [3.63, 3.8) is 0 Å². The van der Waals surface area contributed by atoms with Gasteiger partial charge in [-0.3, -0.25) is 4.79 Å². The molecule has 0 radical (unpaired) electrons. The van der Waals surface area contributed by atoms with Gasteiger partial charge in [0.2, 0.25) is 5.91 Å². The van der Waals surface area contributed by atoms with Crippen LogP contribution in [-0.2, 0) is 17.8 Å². The molecule has 0 aromatic heterocycles.